The Morgan fingerprint density at radius 2 is 2.04 bits per heavy atom. The number of hydrogen-bond donors (Lipinski definition) is 0. The highest BCUT2D eigenvalue weighted by Gasteiger charge is 2.30. The predicted octanol–water partition coefficient (Wildman–Crippen LogP) is 5.23. The lowest BCUT2D eigenvalue weighted by Gasteiger charge is -2.11. The maximum atomic E-state index is 13.7. The summed E-state index contributed by atoms with van der Waals surface area (Å²) in [5, 5.41) is 1.79. The third-order valence-electron chi connectivity index (χ3n) is 3.93. The van der Waals surface area contributed by atoms with Crippen LogP contribution in [-0.4, -0.2) is 24.2 Å². The molecule has 3 heterocycles. The van der Waals surface area contributed by atoms with Crippen molar-refractivity contribution in [2.24, 2.45) is 0 Å². The summed E-state index contributed by atoms with van der Waals surface area (Å²) in [6.07, 6.45) is 5.99. The molecule has 1 saturated carbocycles. The van der Waals surface area contributed by atoms with E-state index >= 15 is 0 Å². The SMILES string of the molecule is Cc1cc(-c2cn(SC3CC3)c3cnc(Cl)cc23)nc(C(C)(F)F)n1. The Labute approximate surface area is 152 Å². The monoisotopic (exact) mass is 380 g/mol. The van der Waals surface area contributed by atoms with Crippen molar-refractivity contribution in [1.29, 1.82) is 0 Å². The van der Waals surface area contributed by atoms with Crippen molar-refractivity contribution in [3.8, 4) is 11.3 Å². The van der Waals surface area contributed by atoms with Crippen LogP contribution in [0.4, 0.5) is 8.78 Å². The van der Waals surface area contributed by atoms with Crippen molar-refractivity contribution in [2.45, 2.75) is 37.9 Å². The van der Waals surface area contributed by atoms with E-state index in [4.69, 9.17) is 11.6 Å². The van der Waals surface area contributed by atoms with Gasteiger partial charge in [-0.2, -0.15) is 8.78 Å². The van der Waals surface area contributed by atoms with Gasteiger partial charge in [0.2, 0.25) is 0 Å². The largest absolute Gasteiger partial charge is 0.303 e. The number of aromatic nitrogens is 4. The molecule has 0 aromatic carbocycles. The van der Waals surface area contributed by atoms with Gasteiger partial charge in [-0.1, -0.05) is 11.6 Å². The maximum absolute atomic E-state index is 13.7. The molecule has 1 aliphatic carbocycles. The van der Waals surface area contributed by atoms with E-state index in [0.29, 0.717) is 21.8 Å². The minimum atomic E-state index is -3.10. The number of nitrogens with zero attached hydrogens (tertiary/aromatic N) is 4. The number of fused-ring (bicyclic) bond motifs is 1. The molecule has 0 amide bonds. The van der Waals surface area contributed by atoms with E-state index in [-0.39, 0.29) is 0 Å². The first-order valence-electron chi connectivity index (χ1n) is 7.89. The highest BCUT2D eigenvalue weighted by atomic mass is 35.5. The quantitative estimate of drug-likeness (QED) is 0.581. The summed E-state index contributed by atoms with van der Waals surface area (Å²) >= 11 is 7.78. The first kappa shape index (κ1) is 16.7. The van der Waals surface area contributed by atoms with Crippen molar-refractivity contribution in [2.75, 3.05) is 0 Å². The van der Waals surface area contributed by atoms with Gasteiger partial charge in [0.1, 0.15) is 5.15 Å². The van der Waals surface area contributed by atoms with Crippen LogP contribution >= 0.6 is 23.5 Å². The Morgan fingerprint density at radius 1 is 1.28 bits per heavy atom. The highest BCUT2D eigenvalue weighted by molar-refractivity contribution is 7.98. The minimum Gasteiger partial charge on any atom is -0.289 e. The van der Waals surface area contributed by atoms with E-state index in [1.807, 2.05) is 10.2 Å². The third kappa shape index (κ3) is 3.35. The molecule has 4 rings (SSSR count). The van der Waals surface area contributed by atoms with Gasteiger partial charge < -0.3 is 0 Å². The molecule has 0 radical (unpaired) electrons. The summed E-state index contributed by atoms with van der Waals surface area (Å²) in [6.45, 7) is 2.49. The zero-order valence-electron chi connectivity index (χ0n) is 13.6. The van der Waals surface area contributed by atoms with Gasteiger partial charge >= 0.3 is 5.92 Å². The van der Waals surface area contributed by atoms with Crippen molar-refractivity contribution >= 4 is 34.5 Å². The fourth-order valence-electron chi connectivity index (χ4n) is 2.60. The lowest BCUT2D eigenvalue weighted by Crippen LogP contribution is -2.13. The first-order valence-corrected chi connectivity index (χ1v) is 9.11. The minimum absolute atomic E-state index is 0.356. The molecule has 0 atom stereocenters. The van der Waals surface area contributed by atoms with Crippen molar-refractivity contribution in [1.82, 2.24) is 18.9 Å². The van der Waals surface area contributed by atoms with Crippen LogP contribution in [-0.2, 0) is 5.92 Å². The zero-order chi connectivity index (χ0) is 17.8. The Hall–Kier alpha value is -1.73. The second-order valence-electron chi connectivity index (χ2n) is 6.30. The van der Waals surface area contributed by atoms with E-state index in [1.54, 1.807) is 37.2 Å². The Bertz CT molecular complexity index is 963. The number of pyridine rings is 1. The number of hydrogen-bond acceptors (Lipinski definition) is 4. The molecular formula is C17H15ClF2N4S. The molecule has 0 bridgehead atoms. The summed E-state index contributed by atoms with van der Waals surface area (Å²) < 4.78 is 29.5. The van der Waals surface area contributed by atoms with E-state index in [9.17, 15) is 8.78 Å². The summed E-state index contributed by atoms with van der Waals surface area (Å²) in [4.78, 5) is 12.2. The zero-order valence-corrected chi connectivity index (χ0v) is 15.2. The number of halogens is 3. The Kier molecular flexibility index (Phi) is 3.96. The molecule has 1 aliphatic rings. The molecule has 3 aromatic rings. The average Bonchev–Trinajstić information content (AvgIpc) is 3.27. The van der Waals surface area contributed by atoms with Crippen LogP contribution < -0.4 is 0 Å². The van der Waals surface area contributed by atoms with Gasteiger partial charge in [0.25, 0.3) is 0 Å². The van der Waals surface area contributed by atoms with E-state index in [2.05, 4.69) is 15.0 Å². The summed E-state index contributed by atoms with van der Waals surface area (Å²) in [6, 6.07) is 3.46. The smallest absolute Gasteiger partial charge is 0.289 e. The van der Waals surface area contributed by atoms with Gasteiger partial charge in [0.15, 0.2) is 5.82 Å². The van der Waals surface area contributed by atoms with Crippen molar-refractivity contribution < 1.29 is 8.78 Å². The van der Waals surface area contributed by atoms with Crippen LogP contribution in [0.15, 0.2) is 24.5 Å². The first-order chi connectivity index (χ1) is 11.8. The summed E-state index contributed by atoms with van der Waals surface area (Å²) in [5.41, 5.74) is 2.62. The van der Waals surface area contributed by atoms with Gasteiger partial charge in [-0.05, 0) is 43.8 Å². The fraction of sp³-hybridized carbons (Fsp3) is 0.353. The molecule has 0 unspecified atom stereocenters. The maximum Gasteiger partial charge on any atom is 0.303 e. The lowest BCUT2D eigenvalue weighted by molar-refractivity contribution is 0.00763. The van der Waals surface area contributed by atoms with E-state index < -0.39 is 11.7 Å². The molecule has 4 nitrogen and oxygen atoms in total. The van der Waals surface area contributed by atoms with E-state index in [1.165, 1.54) is 12.8 Å². The van der Waals surface area contributed by atoms with Gasteiger partial charge in [-0.25, -0.2) is 15.0 Å². The molecular weight excluding hydrogens is 366 g/mol. The summed E-state index contributed by atoms with van der Waals surface area (Å²) in [5.74, 6) is -3.57. The van der Waals surface area contributed by atoms with Gasteiger partial charge in [-0.3, -0.25) is 3.97 Å². The second kappa shape index (κ2) is 5.92. The molecule has 25 heavy (non-hydrogen) atoms. The lowest BCUT2D eigenvalue weighted by atomic mass is 10.1. The number of rotatable bonds is 4. The molecule has 0 saturated heterocycles. The normalized spacial score (nSPS) is 15.1. The van der Waals surface area contributed by atoms with Crippen LogP contribution in [0.2, 0.25) is 5.15 Å². The van der Waals surface area contributed by atoms with Crippen LogP contribution in [0.5, 0.6) is 0 Å². The van der Waals surface area contributed by atoms with Crippen LogP contribution in [0.25, 0.3) is 22.2 Å². The van der Waals surface area contributed by atoms with Crippen LogP contribution in [0.1, 0.15) is 31.3 Å². The topological polar surface area (TPSA) is 43.6 Å². The molecule has 0 spiro atoms. The van der Waals surface area contributed by atoms with Gasteiger partial charge in [0.05, 0.1) is 17.4 Å². The van der Waals surface area contributed by atoms with Crippen molar-refractivity contribution in [3.05, 3.63) is 41.2 Å². The van der Waals surface area contributed by atoms with Crippen molar-refractivity contribution in [3.63, 3.8) is 0 Å². The van der Waals surface area contributed by atoms with Crippen LogP contribution in [0, 0.1) is 6.92 Å². The average molecular weight is 381 g/mol. The third-order valence-corrected chi connectivity index (χ3v) is 5.44. The van der Waals surface area contributed by atoms with E-state index in [0.717, 1.165) is 23.4 Å². The van der Waals surface area contributed by atoms with Gasteiger partial charge in [0, 0.05) is 35.0 Å². The summed E-state index contributed by atoms with van der Waals surface area (Å²) in [7, 11) is 0. The molecule has 0 aliphatic heterocycles. The Morgan fingerprint density at radius 3 is 2.72 bits per heavy atom. The standard InChI is InChI=1S/C17H15ClF2N4S/c1-9-5-13(23-16(22-9)17(2,19)20)12-8-24(25-10-3-4-10)14-7-21-15(18)6-11(12)14/h5-8,10H,3-4H2,1-2H3. The number of alkyl halides is 2. The molecule has 8 heteroatoms. The number of aryl methyl sites for hydroxylation is 1. The molecule has 130 valence electrons. The molecule has 0 N–H and O–H groups in total. The van der Waals surface area contributed by atoms with Gasteiger partial charge in [-0.15, -0.1) is 0 Å². The highest BCUT2D eigenvalue weighted by Crippen LogP contribution is 2.40. The predicted molar refractivity (Wildman–Crippen MR) is 96.1 cm³/mol. The Balaban J connectivity index is 1.91. The fourth-order valence-corrected chi connectivity index (χ4v) is 3.85. The second-order valence-corrected chi connectivity index (χ2v) is 7.96. The molecule has 3 aromatic heterocycles. The molecule has 1 fully saturated rings. The van der Waals surface area contributed by atoms with Crippen LogP contribution in [0.3, 0.4) is 0 Å².